The maximum Gasteiger partial charge on any atom is 0.339 e. The Labute approximate surface area is 109 Å². The van der Waals surface area contributed by atoms with Gasteiger partial charge in [-0.2, -0.15) is 0 Å². The van der Waals surface area contributed by atoms with E-state index >= 15 is 0 Å². The fraction of sp³-hybridized carbons (Fsp3) is 0.214. The number of ether oxygens (including phenoxy) is 3. The second-order valence-corrected chi connectivity index (χ2v) is 4.07. The van der Waals surface area contributed by atoms with Crippen LogP contribution in [0.2, 0.25) is 0 Å². The smallest absolute Gasteiger partial charge is 0.339 e. The highest BCUT2D eigenvalue weighted by Crippen LogP contribution is 2.44. The third-order valence-electron chi connectivity index (χ3n) is 3.08. The summed E-state index contributed by atoms with van der Waals surface area (Å²) < 4.78 is 21.1. The van der Waals surface area contributed by atoms with E-state index in [4.69, 9.17) is 18.6 Å². The monoisotopic (exact) mass is 260 g/mol. The number of cyclic esters (lactones) is 1. The highest BCUT2D eigenvalue weighted by atomic mass is 16.5. The number of carbonyl (C=O) groups excluding carboxylic acids is 1. The molecule has 2 heterocycles. The average molecular weight is 260 g/mol. The molecule has 0 saturated heterocycles. The summed E-state index contributed by atoms with van der Waals surface area (Å²) in [5.41, 5.74) is 1.83. The fourth-order valence-electron chi connectivity index (χ4n) is 2.27. The van der Waals surface area contributed by atoms with E-state index in [1.807, 2.05) is 0 Å². The first kappa shape index (κ1) is 11.6. The normalized spacial score (nSPS) is 13.1. The van der Waals surface area contributed by atoms with Crippen molar-refractivity contribution in [1.29, 1.82) is 0 Å². The third-order valence-corrected chi connectivity index (χ3v) is 3.08. The van der Waals surface area contributed by atoms with Crippen molar-refractivity contribution < 1.29 is 23.4 Å². The van der Waals surface area contributed by atoms with E-state index in [-0.39, 0.29) is 12.6 Å². The maximum atomic E-state index is 11.9. The first-order chi connectivity index (χ1) is 9.26. The molecule has 0 bridgehead atoms. The van der Waals surface area contributed by atoms with Crippen LogP contribution in [-0.2, 0) is 11.3 Å². The number of esters is 1. The molecule has 1 aliphatic heterocycles. The molecule has 1 aliphatic rings. The average Bonchev–Trinajstić information content (AvgIpc) is 3.07. The van der Waals surface area contributed by atoms with Crippen LogP contribution in [-0.4, -0.2) is 20.2 Å². The molecule has 0 N–H and O–H groups in total. The van der Waals surface area contributed by atoms with E-state index < -0.39 is 0 Å². The van der Waals surface area contributed by atoms with Gasteiger partial charge in [0.25, 0.3) is 0 Å². The second-order valence-electron chi connectivity index (χ2n) is 4.07. The predicted molar refractivity (Wildman–Crippen MR) is 66.4 cm³/mol. The Balaban J connectivity index is 2.36. The topological polar surface area (TPSA) is 57.9 Å². The Morgan fingerprint density at radius 1 is 1.21 bits per heavy atom. The van der Waals surface area contributed by atoms with E-state index in [2.05, 4.69) is 0 Å². The lowest BCUT2D eigenvalue weighted by molar-refractivity contribution is 0.0535. The van der Waals surface area contributed by atoms with Crippen molar-refractivity contribution >= 4 is 5.97 Å². The van der Waals surface area contributed by atoms with Gasteiger partial charge in [-0.25, -0.2) is 4.79 Å². The Morgan fingerprint density at radius 2 is 2.05 bits per heavy atom. The first-order valence-electron chi connectivity index (χ1n) is 5.75. The summed E-state index contributed by atoms with van der Waals surface area (Å²) >= 11 is 0. The van der Waals surface area contributed by atoms with Crippen molar-refractivity contribution in [1.82, 2.24) is 0 Å². The van der Waals surface area contributed by atoms with Crippen LogP contribution in [0.1, 0.15) is 15.9 Å². The molecule has 0 unspecified atom stereocenters. The van der Waals surface area contributed by atoms with Crippen LogP contribution in [0.5, 0.6) is 11.5 Å². The molecule has 19 heavy (non-hydrogen) atoms. The number of methoxy groups -OCH3 is 2. The molecule has 0 fully saturated rings. The number of rotatable bonds is 3. The lowest BCUT2D eigenvalue weighted by Gasteiger charge is -2.13. The molecule has 0 amide bonds. The zero-order chi connectivity index (χ0) is 13.4. The van der Waals surface area contributed by atoms with E-state index in [0.29, 0.717) is 28.4 Å². The zero-order valence-corrected chi connectivity index (χ0v) is 10.6. The minimum atomic E-state index is -0.373. The SMILES string of the molecule is COc1cc2c(c(-c3ccco3)c1OC)C(=O)OC2. The number of furan rings is 1. The molecule has 5 heteroatoms. The standard InChI is InChI=1S/C14H12O5/c1-16-10-6-8-7-19-14(15)11(8)12(13(10)17-2)9-4-3-5-18-9/h3-6H,7H2,1-2H3. The van der Waals surface area contributed by atoms with Gasteiger partial charge >= 0.3 is 5.97 Å². The fourth-order valence-corrected chi connectivity index (χ4v) is 2.27. The Bertz CT molecular complexity index is 628. The van der Waals surface area contributed by atoms with Crippen LogP contribution in [0.15, 0.2) is 28.9 Å². The van der Waals surface area contributed by atoms with E-state index in [0.717, 1.165) is 5.56 Å². The van der Waals surface area contributed by atoms with Crippen molar-refractivity contribution in [2.24, 2.45) is 0 Å². The van der Waals surface area contributed by atoms with Gasteiger partial charge in [-0.1, -0.05) is 0 Å². The summed E-state index contributed by atoms with van der Waals surface area (Å²) in [6, 6.07) is 5.27. The van der Waals surface area contributed by atoms with E-state index in [9.17, 15) is 4.79 Å². The molecule has 1 aromatic heterocycles. The van der Waals surface area contributed by atoms with Crippen molar-refractivity contribution in [2.75, 3.05) is 14.2 Å². The summed E-state index contributed by atoms with van der Waals surface area (Å²) in [7, 11) is 3.07. The molecular weight excluding hydrogens is 248 g/mol. The number of carbonyl (C=O) groups is 1. The Kier molecular flexibility index (Phi) is 2.67. The highest BCUT2D eigenvalue weighted by Gasteiger charge is 2.31. The molecule has 2 aromatic rings. The van der Waals surface area contributed by atoms with Crippen LogP contribution >= 0.6 is 0 Å². The van der Waals surface area contributed by atoms with Crippen LogP contribution in [0.3, 0.4) is 0 Å². The summed E-state index contributed by atoms with van der Waals surface area (Å²) in [6.45, 7) is 0.238. The molecule has 5 nitrogen and oxygen atoms in total. The van der Waals surface area contributed by atoms with E-state index in [1.165, 1.54) is 7.11 Å². The molecule has 0 atom stereocenters. The third kappa shape index (κ3) is 1.66. The van der Waals surface area contributed by atoms with Crippen LogP contribution in [0.25, 0.3) is 11.3 Å². The van der Waals surface area contributed by atoms with Crippen LogP contribution < -0.4 is 9.47 Å². The molecular formula is C14H12O5. The molecule has 0 aliphatic carbocycles. The summed E-state index contributed by atoms with van der Waals surface area (Å²) in [4.78, 5) is 11.9. The minimum absolute atomic E-state index is 0.238. The molecule has 0 radical (unpaired) electrons. The first-order valence-corrected chi connectivity index (χ1v) is 5.75. The molecule has 1 aromatic carbocycles. The highest BCUT2D eigenvalue weighted by molar-refractivity contribution is 6.02. The second kappa shape index (κ2) is 4.35. The van der Waals surface area contributed by atoms with Crippen molar-refractivity contribution in [2.45, 2.75) is 6.61 Å². The number of hydrogen-bond acceptors (Lipinski definition) is 5. The maximum absolute atomic E-state index is 11.9. The molecule has 0 spiro atoms. The van der Waals surface area contributed by atoms with Crippen molar-refractivity contribution in [3.63, 3.8) is 0 Å². The Hall–Kier alpha value is -2.43. The van der Waals surface area contributed by atoms with Gasteiger partial charge < -0.3 is 18.6 Å². The molecule has 3 rings (SSSR count). The molecule has 0 saturated carbocycles. The lowest BCUT2D eigenvalue weighted by atomic mass is 9.99. The Morgan fingerprint density at radius 3 is 2.68 bits per heavy atom. The van der Waals surface area contributed by atoms with E-state index in [1.54, 1.807) is 31.6 Å². The van der Waals surface area contributed by atoms with Gasteiger partial charge in [-0.05, 0) is 18.2 Å². The quantitative estimate of drug-likeness (QED) is 0.794. The number of fused-ring (bicyclic) bond motifs is 1. The number of hydrogen-bond donors (Lipinski definition) is 0. The summed E-state index contributed by atoms with van der Waals surface area (Å²) in [5.74, 6) is 1.19. The van der Waals surface area contributed by atoms with Crippen molar-refractivity contribution in [3.8, 4) is 22.8 Å². The van der Waals surface area contributed by atoms with Gasteiger partial charge in [0.15, 0.2) is 11.5 Å². The van der Waals surface area contributed by atoms with Crippen LogP contribution in [0.4, 0.5) is 0 Å². The van der Waals surface area contributed by atoms with Crippen molar-refractivity contribution in [3.05, 3.63) is 35.6 Å². The van der Waals surface area contributed by atoms with Crippen LogP contribution in [0, 0.1) is 0 Å². The predicted octanol–water partition coefficient (Wildman–Crippen LogP) is 2.63. The molecule has 98 valence electrons. The van der Waals surface area contributed by atoms with Gasteiger partial charge in [0.2, 0.25) is 0 Å². The van der Waals surface area contributed by atoms with Gasteiger partial charge in [-0.3, -0.25) is 0 Å². The lowest BCUT2D eigenvalue weighted by Crippen LogP contribution is -2.01. The van der Waals surface area contributed by atoms with Gasteiger partial charge in [0, 0.05) is 5.56 Å². The summed E-state index contributed by atoms with van der Waals surface area (Å²) in [6.07, 6.45) is 1.54. The minimum Gasteiger partial charge on any atom is -0.493 e. The summed E-state index contributed by atoms with van der Waals surface area (Å²) in [5, 5.41) is 0. The van der Waals surface area contributed by atoms with Gasteiger partial charge in [-0.15, -0.1) is 0 Å². The largest absolute Gasteiger partial charge is 0.493 e. The van der Waals surface area contributed by atoms with Gasteiger partial charge in [0.1, 0.15) is 12.4 Å². The number of benzene rings is 1. The zero-order valence-electron chi connectivity index (χ0n) is 10.6. The van der Waals surface area contributed by atoms with Gasteiger partial charge in [0.05, 0.1) is 31.6 Å².